The van der Waals surface area contributed by atoms with Gasteiger partial charge in [0.15, 0.2) is 0 Å². The van der Waals surface area contributed by atoms with Crippen LogP contribution >= 0.6 is 0 Å². The summed E-state index contributed by atoms with van der Waals surface area (Å²) in [7, 11) is 0. The Morgan fingerprint density at radius 1 is 1.41 bits per heavy atom. The van der Waals surface area contributed by atoms with E-state index >= 15 is 0 Å². The van der Waals surface area contributed by atoms with E-state index in [4.69, 9.17) is 5.73 Å². The summed E-state index contributed by atoms with van der Waals surface area (Å²) in [5.41, 5.74) is 6.92. The number of rotatable bonds is 4. The maximum absolute atomic E-state index is 11.9. The summed E-state index contributed by atoms with van der Waals surface area (Å²) in [6.45, 7) is 0.872. The van der Waals surface area contributed by atoms with Gasteiger partial charge in [-0.15, -0.1) is 0 Å². The van der Waals surface area contributed by atoms with E-state index in [9.17, 15) is 9.90 Å². The fourth-order valence-corrected chi connectivity index (χ4v) is 1.74. The predicted octanol–water partition coefficient (Wildman–Crippen LogP) is 0.431. The molecule has 2 aromatic rings. The molecule has 0 aliphatic heterocycles. The van der Waals surface area contributed by atoms with Crippen LogP contribution < -0.4 is 11.3 Å². The van der Waals surface area contributed by atoms with Crippen LogP contribution in [0.25, 0.3) is 0 Å². The predicted molar refractivity (Wildman–Crippen MR) is 65.0 cm³/mol. The number of nitrogens with one attached hydrogen (secondary N) is 1. The first-order valence-corrected chi connectivity index (χ1v) is 5.46. The highest BCUT2D eigenvalue weighted by atomic mass is 16.3. The van der Waals surface area contributed by atoms with E-state index in [1.807, 2.05) is 6.07 Å². The maximum Gasteiger partial charge on any atom is 0.269 e. The van der Waals surface area contributed by atoms with Crippen molar-refractivity contribution >= 4 is 0 Å². The summed E-state index contributed by atoms with van der Waals surface area (Å²) in [5, 5.41) is 12.2. The van der Waals surface area contributed by atoms with Crippen LogP contribution in [0.4, 0.5) is 0 Å². The second-order valence-electron chi connectivity index (χ2n) is 3.90. The summed E-state index contributed by atoms with van der Waals surface area (Å²) < 4.78 is 1.50. The molecule has 5 heteroatoms. The normalized spacial score (nSPS) is 10.6. The van der Waals surface area contributed by atoms with Crippen LogP contribution in [0.5, 0.6) is 5.75 Å². The van der Waals surface area contributed by atoms with Crippen molar-refractivity contribution in [2.24, 2.45) is 5.73 Å². The molecule has 4 N–H and O–H groups in total. The maximum atomic E-state index is 11.9. The van der Waals surface area contributed by atoms with E-state index in [0.717, 1.165) is 5.56 Å². The monoisotopic (exact) mass is 233 g/mol. The first-order valence-electron chi connectivity index (χ1n) is 5.46. The quantitative estimate of drug-likeness (QED) is 0.716. The van der Waals surface area contributed by atoms with Gasteiger partial charge in [-0.25, -0.2) is 4.68 Å². The molecule has 0 bridgehead atoms. The van der Waals surface area contributed by atoms with E-state index in [2.05, 4.69) is 5.10 Å². The SMILES string of the molecule is NCCc1c[nH]n(Cc2cccc(O)c2)c1=O. The summed E-state index contributed by atoms with van der Waals surface area (Å²) in [6.07, 6.45) is 2.25. The Kier molecular flexibility index (Phi) is 3.30. The van der Waals surface area contributed by atoms with Crippen molar-refractivity contribution in [3.63, 3.8) is 0 Å². The van der Waals surface area contributed by atoms with Crippen LogP contribution in [0.2, 0.25) is 0 Å². The van der Waals surface area contributed by atoms with Gasteiger partial charge < -0.3 is 15.9 Å². The van der Waals surface area contributed by atoms with Crippen LogP contribution in [0.15, 0.2) is 35.3 Å². The number of hydrogen-bond acceptors (Lipinski definition) is 3. The Balaban J connectivity index is 2.22. The summed E-state index contributed by atoms with van der Waals surface area (Å²) in [5.74, 6) is 0.198. The van der Waals surface area contributed by atoms with Gasteiger partial charge in [-0.05, 0) is 30.7 Å². The van der Waals surface area contributed by atoms with Crippen molar-refractivity contribution in [1.29, 1.82) is 0 Å². The zero-order valence-electron chi connectivity index (χ0n) is 9.39. The molecule has 0 spiro atoms. The number of phenolic OH excluding ortho intramolecular Hbond substituents is 1. The van der Waals surface area contributed by atoms with Crippen molar-refractivity contribution in [1.82, 2.24) is 9.78 Å². The highest BCUT2D eigenvalue weighted by Crippen LogP contribution is 2.11. The summed E-state index contributed by atoms with van der Waals surface area (Å²) in [6, 6.07) is 6.84. The fourth-order valence-electron chi connectivity index (χ4n) is 1.74. The number of aromatic hydroxyl groups is 1. The van der Waals surface area contributed by atoms with Crippen LogP contribution in [0, 0.1) is 0 Å². The molecular formula is C12H15N3O2. The van der Waals surface area contributed by atoms with E-state index in [0.29, 0.717) is 25.1 Å². The minimum atomic E-state index is -0.0567. The van der Waals surface area contributed by atoms with Crippen LogP contribution in [0.1, 0.15) is 11.1 Å². The molecular weight excluding hydrogens is 218 g/mol. The number of nitrogens with zero attached hydrogens (tertiary/aromatic N) is 1. The first kappa shape index (κ1) is 11.5. The number of phenols is 1. The molecule has 17 heavy (non-hydrogen) atoms. The second kappa shape index (κ2) is 4.88. The fraction of sp³-hybridized carbons (Fsp3) is 0.250. The van der Waals surface area contributed by atoms with Gasteiger partial charge in [0.2, 0.25) is 0 Å². The standard InChI is InChI=1S/C12H15N3O2/c13-5-4-10-7-14-15(12(10)17)8-9-2-1-3-11(16)6-9/h1-3,6-7,14,16H,4-5,8,13H2. The lowest BCUT2D eigenvalue weighted by Gasteiger charge is -2.02. The number of aromatic amines is 1. The van der Waals surface area contributed by atoms with Gasteiger partial charge >= 0.3 is 0 Å². The summed E-state index contributed by atoms with van der Waals surface area (Å²) in [4.78, 5) is 11.9. The van der Waals surface area contributed by atoms with Gasteiger partial charge in [0, 0.05) is 11.8 Å². The van der Waals surface area contributed by atoms with Crippen LogP contribution in [-0.4, -0.2) is 21.4 Å². The lowest BCUT2D eigenvalue weighted by atomic mass is 10.2. The van der Waals surface area contributed by atoms with Crippen molar-refractivity contribution in [3.05, 3.63) is 51.9 Å². The van der Waals surface area contributed by atoms with E-state index in [-0.39, 0.29) is 11.3 Å². The van der Waals surface area contributed by atoms with Gasteiger partial charge in [0.25, 0.3) is 5.56 Å². The lowest BCUT2D eigenvalue weighted by molar-refractivity contribution is 0.474. The number of nitrogens with two attached hydrogens (primary N) is 1. The van der Waals surface area contributed by atoms with Crippen molar-refractivity contribution < 1.29 is 5.11 Å². The Morgan fingerprint density at radius 2 is 2.24 bits per heavy atom. The number of H-pyrrole nitrogens is 1. The molecule has 5 nitrogen and oxygen atoms in total. The third kappa shape index (κ3) is 2.57. The van der Waals surface area contributed by atoms with Crippen molar-refractivity contribution in [2.75, 3.05) is 6.54 Å². The molecule has 0 aliphatic rings. The molecule has 0 saturated carbocycles. The molecule has 90 valence electrons. The smallest absolute Gasteiger partial charge is 0.269 e. The van der Waals surface area contributed by atoms with Gasteiger partial charge in [-0.3, -0.25) is 4.79 Å². The van der Waals surface area contributed by atoms with Gasteiger partial charge in [-0.2, -0.15) is 0 Å². The largest absolute Gasteiger partial charge is 0.508 e. The molecule has 0 unspecified atom stereocenters. The van der Waals surface area contributed by atoms with Gasteiger partial charge in [-0.1, -0.05) is 12.1 Å². The number of aromatic nitrogens is 2. The van der Waals surface area contributed by atoms with E-state index < -0.39 is 0 Å². The highest BCUT2D eigenvalue weighted by molar-refractivity contribution is 5.27. The van der Waals surface area contributed by atoms with Gasteiger partial charge in [0.1, 0.15) is 5.75 Å². The Labute approximate surface area is 98.5 Å². The molecule has 0 radical (unpaired) electrons. The van der Waals surface area contributed by atoms with Crippen LogP contribution in [-0.2, 0) is 13.0 Å². The third-order valence-electron chi connectivity index (χ3n) is 2.58. The average Bonchev–Trinajstić information content (AvgIpc) is 2.62. The minimum absolute atomic E-state index is 0.0567. The zero-order chi connectivity index (χ0) is 12.3. The molecule has 0 saturated heterocycles. The molecule has 1 aromatic heterocycles. The molecule has 0 aliphatic carbocycles. The molecule has 2 rings (SSSR count). The molecule has 1 heterocycles. The molecule has 0 atom stereocenters. The molecule has 1 aromatic carbocycles. The molecule has 0 fully saturated rings. The summed E-state index contributed by atoms with van der Waals surface area (Å²) >= 11 is 0. The lowest BCUT2D eigenvalue weighted by Crippen LogP contribution is -2.21. The Bertz CT molecular complexity index is 557. The highest BCUT2D eigenvalue weighted by Gasteiger charge is 2.05. The Morgan fingerprint density at radius 3 is 2.94 bits per heavy atom. The average molecular weight is 233 g/mol. The molecule has 0 amide bonds. The van der Waals surface area contributed by atoms with Crippen molar-refractivity contribution in [3.8, 4) is 5.75 Å². The van der Waals surface area contributed by atoms with E-state index in [1.165, 1.54) is 4.68 Å². The number of benzene rings is 1. The number of hydrogen-bond donors (Lipinski definition) is 3. The minimum Gasteiger partial charge on any atom is -0.508 e. The topological polar surface area (TPSA) is 84.0 Å². The zero-order valence-corrected chi connectivity index (χ0v) is 9.39. The first-order chi connectivity index (χ1) is 8.20. The third-order valence-corrected chi connectivity index (χ3v) is 2.58. The van der Waals surface area contributed by atoms with E-state index in [1.54, 1.807) is 24.4 Å². The second-order valence-corrected chi connectivity index (χ2v) is 3.90. The van der Waals surface area contributed by atoms with Gasteiger partial charge in [0.05, 0.1) is 6.54 Å². The van der Waals surface area contributed by atoms with Crippen molar-refractivity contribution in [2.45, 2.75) is 13.0 Å². The van der Waals surface area contributed by atoms with Crippen LogP contribution in [0.3, 0.4) is 0 Å². The Hall–Kier alpha value is -2.01.